The van der Waals surface area contributed by atoms with Crippen LogP contribution < -0.4 is 5.32 Å². The summed E-state index contributed by atoms with van der Waals surface area (Å²) in [5.41, 5.74) is 0.945. The van der Waals surface area contributed by atoms with Crippen LogP contribution in [-0.4, -0.2) is 26.8 Å². The van der Waals surface area contributed by atoms with Crippen molar-refractivity contribution >= 4 is 11.9 Å². The number of aryl methyl sites for hydroxylation is 1. The Kier molecular flexibility index (Phi) is 3.69. The second-order valence-electron chi connectivity index (χ2n) is 6.15. The van der Waals surface area contributed by atoms with E-state index in [0.29, 0.717) is 6.54 Å². The fourth-order valence-corrected chi connectivity index (χ4v) is 4.00. The molecule has 21 heavy (non-hydrogen) atoms. The van der Waals surface area contributed by atoms with Crippen LogP contribution in [-0.2, 0) is 22.7 Å². The van der Waals surface area contributed by atoms with Gasteiger partial charge in [-0.1, -0.05) is 0 Å². The predicted octanol–water partition coefficient (Wildman–Crippen LogP) is 1.27. The molecule has 0 radical (unpaired) electrons. The third-order valence-corrected chi connectivity index (χ3v) is 4.98. The average molecular weight is 291 g/mol. The van der Waals surface area contributed by atoms with E-state index < -0.39 is 11.9 Å². The molecule has 3 rings (SSSR count). The maximum absolute atomic E-state index is 12.4. The Balaban J connectivity index is 1.63. The summed E-state index contributed by atoms with van der Waals surface area (Å²) in [6.07, 6.45) is 6.47. The Morgan fingerprint density at radius 2 is 2.10 bits per heavy atom. The number of carbonyl (C=O) groups excluding carboxylic acids is 1. The van der Waals surface area contributed by atoms with Crippen molar-refractivity contribution in [3.8, 4) is 0 Å². The lowest BCUT2D eigenvalue weighted by Crippen LogP contribution is -2.41. The molecular weight excluding hydrogens is 270 g/mol. The van der Waals surface area contributed by atoms with E-state index in [1.54, 1.807) is 10.9 Å². The summed E-state index contributed by atoms with van der Waals surface area (Å²) in [5, 5.41) is 16.4. The number of carboxylic acid groups (broad SMARTS) is 1. The standard InChI is InChI=1S/C15H21N3O3/c1-2-18-8-9(7-17-18)6-16-14(19)12-10-3-4-11(5-10)13(12)15(20)21/h7-8,10-13H,2-6H2,1H3,(H,16,19)(H,20,21)/t10-,11-,12-,13+/m0/s1. The van der Waals surface area contributed by atoms with Crippen LogP contribution in [0.1, 0.15) is 31.7 Å². The summed E-state index contributed by atoms with van der Waals surface area (Å²) >= 11 is 0. The van der Waals surface area contributed by atoms with Gasteiger partial charge in [-0.25, -0.2) is 0 Å². The van der Waals surface area contributed by atoms with Crippen molar-refractivity contribution in [2.24, 2.45) is 23.7 Å². The summed E-state index contributed by atoms with van der Waals surface area (Å²) < 4.78 is 1.80. The van der Waals surface area contributed by atoms with E-state index in [9.17, 15) is 14.7 Å². The third kappa shape index (κ3) is 2.54. The summed E-state index contributed by atoms with van der Waals surface area (Å²) in [6, 6.07) is 0. The molecule has 0 aliphatic heterocycles. The van der Waals surface area contributed by atoms with Crippen LogP contribution in [0, 0.1) is 23.7 Å². The van der Waals surface area contributed by atoms with Crippen LogP contribution >= 0.6 is 0 Å². The van der Waals surface area contributed by atoms with E-state index in [1.165, 1.54) is 0 Å². The fourth-order valence-electron chi connectivity index (χ4n) is 4.00. The van der Waals surface area contributed by atoms with Crippen molar-refractivity contribution in [3.63, 3.8) is 0 Å². The topological polar surface area (TPSA) is 84.2 Å². The molecule has 0 aromatic carbocycles. The smallest absolute Gasteiger partial charge is 0.307 e. The molecule has 2 aliphatic rings. The first-order chi connectivity index (χ1) is 10.1. The minimum absolute atomic E-state index is 0.112. The van der Waals surface area contributed by atoms with Crippen molar-refractivity contribution in [3.05, 3.63) is 18.0 Å². The molecule has 114 valence electrons. The number of aliphatic carboxylic acids is 1. The molecule has 1 heterocycles. The van der Waals surface area contributed by atoms with E-state index in [-0.39, 0.29) is 23.7 Å². The summed E-state index contributed by atoms with van der Waals surface area (Å²) in [5.74, 6) is -1.36. The molecule has 0 spiro atoms. The molecular formula is C15H21N3O3. The van der Waals surface area contributed by atoms with E-state index in [4.69, 9.17) is 0 Å². The summed E-state index contributed by atoms with van der Waals surface area (Å²) in [4.78, 5) is 23.8. The van der Waals surface area contributed by atoms with Gasteiger partial charge < -0.3 is 10.4 Å². The molecule has 0 saturated heterocycles. The highest BCUT2D eigenvalue weighted by atomic mass is 16.4. The number of amides is 1. The molecule has 6 heteroatoms. The van der Waals surface area contributed by atoms with Crippen LogP contribution in [0.3, 0.4) is 0 Å². The number of nitrogens with zero attached hydrogens (tertiary/aromatic N) is 2. The largest absolute Gasteiger partial charge is 0.481 e. The second-order valence-corrected chi connectivity index (χ2v) is 6.15. The second kappa shape index (κ2) is 5.50. The van der Waals surface area contributed by atoms with Crippen LogP contribution in [0.25, 0.3) is 0 Å². The van der Waals surface area contributed by atoms with Crippen LogP contribution in [0.4, 0.5) is 0 Å². The Bertz CT molecular complexity index is 554. The number of rotatable bonds is 5. The molecule has 2 aliphatic carbocycles. The number of nitrogens with one attached hydrogen (secondary N) is 1. The van der Waals surface area contributed by atoms with Crippen molar-refractivity contribution in [2.75, 3.05) is 0 Å². The number of carbonyl (C=O) groups is 2. The quantitative estimate of drug-likeness (QED) is 0.855. The molecule has 0 unspecified atom stereocenters. The van der Waals surface area contributed by atoms with Crippen molar-refractivity contribution in [1.29, 1.82) is 0 Å². The monoisotopic (exact) mass is 291 g/mol. The zero-order chi connectivity index (χ0) is 15.0. The number of carboxylic acids is 1. The highest BCUT2D eigenvalue weighted by molar-refractivity contribution is 5.86. The van der Waals surface area contributed by atoms with E-state index in [0.717, 1.165) is 31.4 Å². The Hall–Kier alpha value is -1.85. The molecule has 6 nitrogen and oxygen atoms in total. The lowest BCUT2D eigenvalue weighted by molar-refractivity contribution is -0.149. The van der Waals surface area contributed by atoms with Crippen molar-refractivity contribution in [1.82, 2.24) is 15.1 Å². The molecule has 2 fully saturated rings. The van der Waals surface area contributed by atoms with Crippen LogP contribution in [0.2, 0.25) is 0 Å². The van der Waals surface area contributed by atoms with Gasteiger partial charge in [0, 0.05) is 24.8 Å². The van der Waals surface area contributed by atoms with E-state index >= 15 is 0 Å². The van der Waals surface area contributed by atoms with Gasteiger partial charge in [-0.05, 0) is 38.0 Å². The van der Waals surface area contributed by atoms with E-state index in [1.807, 2.05) is 13.1 Å². The normalized spacial score (nSPS) is 30.5. The molecule has 1 aromatic rings. The van der Waals surface area contributed by atoms with Gasteiger partial charge in [-0.15, -0.1) is 0 Å². The predicted molar refractivity (Wildman–Crippen MR) is 75.2 cm³/mol. The highest BCUT2D eigenvalue weighted by Crippen LogP contribution is 2.52. The highest BCUT2D eigenvalue weighted by Gasteiger charge is 2.53. The van der Waals surface area contributed by atoms with Gasteiger partial charge in [0.1, 0.15) is 0 Å². The van der Waals surface area contributed by atoms with Crippen LogP contribution in [0.5, 0.6) is 0 Å². The lowest BCUT2D eigenvalue weighted by Gasteiger charge is -2.26. The van der Waals surface area contributed by atoms with Gasteiger partial charge in [0.2, 0.25) is 5.91 Å². The maximum atomic E-state index is 12.4. The zero-order valence-electron chi connectivity index (χ0n) is 12.2. The Morgan fingerprint density at radius 1 is 1.38 bits per heavy atom. The Morgan fingerprint density at radius 3 is 2.71 bits per heavy atom. The van der Waals surface area contributed by atoms with Crippen LogP contribution in [0.15, 0.2) is 12.4 Å². The number of hydrogen-bond acceptors (Lipinski definition) is 3. The zero-order valence-corrected chi connectivity index (χ0v) is 12.2. The minimum atomic E-state index is -0.818. The SMILES string of the molecule is CCn1cc(CNC(=O)[C@H]2[C@H]3CC[C@@H](C3)[C@H]2C(=O)O)cn1. The minimum Gasteiger partial charge on any atom is -0.481 e. The maximum Gasteiger partial charge on any atom is 0.307 e. The van der Waals surface area contributed by atoms with Gasteiger partial charge in [0.25, 0.3) is 0 Å². The molecule has 4 atom stereocenters. The summed E-state index contributed by atoms with van der Waals surface area (Å²) in [6.45, 7) is 3.21. The molecule has 2 saturated carbocycles. The molecule has 1 amide bonds. The first kappa shape index (κ1) is 14.1. The third-order valence-electron chi connectivity index (χ3n) is 4.98. The van der Waals surface area contributed by atoms with Gasteiger partial charge in [-0.3, -0.25) is 14.3 Å². The van der Waals surface area contributed by atoms with Gasteiger partial charge >= 0.3 is 5.97 Å². The van der Waals surface area contributed by atoms with Gasteiger partial charge in [-0.2, -0.15) is 5.10 Å². The number of fused-ring (bicyclic) bond motifs is 2. The molecule has 2 N–H and O–H groups in total. The average Bonchev–Trinajstić information content (AvgIpc) is 3.18. The lowest BCUT2D eigenvalue weighted by atomic mass is 9.78. The fraction of sp³-hybridized carbons (Fsp3) is 0.667. The van der Waals surface area contributed by atoms with Crippen molar-refractivity contribution < 1.29 is 14.7 Å². The molecule has 2 bridgehead atoms. The number of hydrogen-bond donors (Lipinski definition) is 2. The Labute approximate surface area is 123 Å². The first-order valence-electron chi connectivity index (χ1n) is 7.62. The molecule has 1 aromatic heterocycles. The van der Waals surface area contributed by atoms with Crippen molar-refractivity contribution in [2.45, 2.75) is 39.3 Å². The first-order valence-corrected chi connectivity index (χ1v) is 7.62. The van der Waals surface area contributed by atoms with E-state index in [2.05, 4.69) is 10.4 Å². The summed E-state index contributed by atoms with van der Waals surface area (Å²) in [7, 11) is 0. The van der Waals surface area contributed by atoms with Gasteiger partial charge in [0.15, 0.2) is 0 Å². The van der Waals surface area contributed by atoms with Gasteiger partial charge in [0.05, 0.1) is 18.0 Å². The number of aromatic nitrogens is 2.